The number of rotatable bonds is 4. The SMILES string of the molecule is CC1CC(C)(C)CC1(CN)N(C)CC1CC1. The maximum absolute atomic E-state index is 6.14. The molecule has 0 radical (unpaired) electrons. The van der Waals surface area contributed by atoms with Gasteiger partial charge in [0.1, 0.15) is 0 Å². The maximum atomic E-state index is 6.14. The van der Waals surface area contributed by atoms with Gasteiger partial charge in [0, 0.05) is 18.6 Å². The standard InChI is InChI=1S/C14H28N2/c1-11-7-13(2,3)9-14(11,10-15)16(4)8-12-5-6-12/h11-12H,5-10,15H2,1-4H3. The molecule has 2 heteroatoms. The van der Waals surface area contributed by atoms with Gasteiger partial charge in [-0.2, -0.15) is 0 Å². The Morgan fingerprint density at radius 3 is 2.31 bits per heavy atom. The van der Waals surface area contributed by atoms with Crippen molar-refractivity contribution in [2.24, 2.45) is 23.0 Å². The first kappa shape index (κ1) is 12.4. The number of hydrogen-bond donors (Lipinski definition) is 1. The summed E-state index contributed by atoms with van der Waals surface area (Å²) >= 11 is 0. The van der Waals surface area contributed by atoms with Crippen LogP contribution in [-0.4, -0.2) is 30.6 Å². The monoisotopic (exact) mass is 224 g/mol. The second-order valence-corrected chi connectivity index (χ2v) is 7.08. The molecule has 2 N–H and O–H groups in total. The first-order valence-corrected chi connectivity index (χ1v) is 6.81. The number of hydrogen-bond acceptors (Lipinski definition) is 2. The largest absolute Gasteiger partial charge is 0.329 e. The molecule has 0 heterocycles. The first-order chi connectivity index (χ1) is 7.39. The molecule has 2 unspecified atom stereocenters. The Kier molecular flexibility index (Phi) is 3.09. The topological polar surface area (TPSA) is 29.3 Å². The summed E-state index contributed by atoms with van der Waals surface area (Å²) in [5.41, 5.74) is 6.87. The van der Waals surface area contributed by atoms with Crippen LogP contribution in [0.25, 0.3) is 0 Å². The van der Waals surface area contributed by atoms with Crippen LogP contribution in [0, 0.1) is 17.3 Å². The Bertz CT molecular complexity index is 257. The molecule has 0 spiro atoms. The van der Waals surface area contributed by atoms with E-state index in [0.717, 1.165) is 18.4 Å². The van der Waals surface area contributed by atoms with Gasteiger partial charge in [0.2, 0.25) is 0 Å². The fourth-order valence-electron chi connectivity index (χ4n) is 3.90. The van der Waals surface area contributed by atoms with Gasteiger partial charge in [-0.1, -0.05) is 20.8 Å². The van der Waals surface area contributed by atoms with Gasteiger partial charge < -0.3 is 5.73 Å². The van der Waals surface area contributed by atoms with E-state index in [1.807, 2.05) is 0 Å². The predicted molar refractivity (Wildman–Crippen MR) is 69.3 cm³/mol. The van der Waals surface area contributed by atoms with Crippen molar-refractivity contribution in [3.05, 3.63) is 0 Å². The van der Waals surface area contributed by atoms with Gasteiger partial charge in [0.15, 0.2) is 0 Å². The lowest BCUT2D eigenvalue weighted by molar-refractivity contribution is 0.0811. The minimum Gasteiger partial charge on any atom is -0.329 e. The van der Waals surface area contributed by atoms with Gasteiger partial charge >= 0.3 is 0 Å². The van der Waals surface area contributed by atoms with Crippen molar-refractivity contribution in [2.75, 3.05) is 20.1 Å². The zero-order valence-corrected chi connectivity index (χ0v) is 11.4. The molecule has 2 aliphatic rings. The highest BCUT2D eigenvalue weighted by atomic mass is 15.2. The number of nitrogens with zero attached hydrogens (tertiary/aromatic N) is 1. The molecular weight excluding hydrogens is 196 g/mol. The van der Waals surface area contributed by atoms with E-state index in [9.17, 15) is 0 Å². The van der Waals surface area contributed by atoms with Gasteiger partial charge in [0.05, 0.1) is 0 Å². The van der Waals surface area contributed by atoms with Crippen LogP contribution in [-0.2, 0) is 0 Å². The van der Waals surface area contributed by atoms with Crippen molar-refractivity contribution >= 4 is 0 Å². The molecule has 2 atom stereocenters. The van der Waals surface area contributed by atoms with Crippen molar-refractivity contribution in [3.63, 3.8) is 0 Å². The maximum Gasteiger partial charge on any atom is 0.0359 e. The molecule has 2 nitrogen and oxygen atoms in total. The minimum atomic E-state index is 0.270. The summed E-state index contributed by atoms with van der Waals surface area (Å²) in [6.07, 6.45) is 5.45. The zero-order chi connectivity index (χ0) is 12.0. The quantitative estimate of drug-likeness (QED) is 0.795. The van der Waals surface area contributed by atoms with E-state index in [2.05, 4.69) is 32.7 Å². The summed E-state index contributed by atoms with van der Waals surface area (Å²) in [5.74, 6) is 1.69. The van der Waals surface area contributed by atoms with E-state index in [0.29, 0.717) is 5.41 Å². The van der Waals surface area contributed by atoms with E-state index in [1.54, 1.807) is 0 Å². The van der Waals surface area contributed by atoms with Crippen molar-refractivity contribution in [3.8, 4) is 0 Å². The third kappa shape index (κ3) is 2.14. The van der Waals surface area contributed by atoms with E-state index < -0.39 is 0 Å². The molecular formula is C14H28N2. The summed E-state index contributed by atoms with van der Waals surface area (Å²) in [4.78, 5) is 2.59. The smallest absolute Gasteiger partial charge is 0.0359 e. The number of nitrogens with two attached hydrogens (primary N) is 1. The van der Waals surface area contributed by atoms with Crippen molar-refractivity contribution < 1.29 is 0 Å². The molecule has 2 fully saturated rings. The van der Waals surface area contributed by atoms with Crippen molar-refractivity contribution in [1.29, 1.82) is 0 Å². The van der Waals surface area contributed by atoms with Gasteiger partial charge in [-0.15, -0.1) is 0 Å². The molecule has 2 rings (SSSR count). The lowest BCUT2D eigenvalue weighted by Gasteiger charge is -2.42. The van der Waals surface area contributed by atoms with Crippen LogP contribution in [0.1, 0.15) is 46.5 Å². The molecule has 0 aromatic carbocycles. The Balaban J connectivity index is 2.11. The van der Waals surface area contributed by atoms with Crippen molar-refractivity contribution in [2.45, 2.75) is 52.0 Å². The molecule has 16 heavy (non-hydrogen) atoms. The Hall–Kier alpha value is -0.0800. The Morgan fingerprint density at radius 2 is 1.94 bits per heavy atom. The van der Waals surface area contributed by atoms with E-state index >= 15 is 0 Å². The van der Waals surface area contributed by atoms with E-state index in [-0.39, 0.29) is 5.54 Å². The van der Waals surface area contributed by atoms with Gasteiger partial charge in [-0.05, 0) is 50.0 Å². The van der Waals surface area contributed by atoms with Crippen LogP contribution in [0.3, 0.4) is 0 Å². The predicted octanol–water partition coefficient (Wildman–Crippen LogP) is 2.48. The normalized spacial score (nSPS) is 38.2. The van der Waals surface area contributed by atoms with E-state index in [4.69, 9.17) is 5.73 Å². The fraction of sp³-hybridized carbons (Fsp3) is 1.00. The zero-order valence-electron chi connectivity index (χ0n) is 11.4. The minimum absolute atomic E-state index is 0.270. The highest BCUT2D eigenvalue weighted by Gasteiger charge is 2.50. The average Bonchev–Trinajstić information content (AvgIpc) is 2.92. The molecule has 0 aromatic rings. The third-order valence-corrected chi connectivity index (χ3v) is 4.90. The highest BCUT2D eigenvalue weighted by Crippen LogP contribution is 2.50. The summed E-state index contributed by atoms with van der Waals surface area (Å²) in [6.45, 7) is 9.27. The highest BCUT2D eigenvalue weighted by molar-refractivity contribution is 5.06. The summed E-state index contributed by atoms with van der Waals surface area (Å²) in [7, 11) is 2.29. The average molecular weight is 224 g/mol. The van der Waals surface area contributed by atoms with Crippen LogP contribution >= 0.6 is 0 Å². The summed E-state index contributed by atoms with van der Waals surface area (Å²) in [5, 5.41) is 0. The van der Waals surface area contributed by atoms with Gasteiger partial charge in [-0.25, -0.2) is 0 Å². The van der Waals surface area contributed by atoms with E-state index in [1.165, 1.54) is 32.2 Å². The van der Waals surface area contributed by atoms with Crippen molar-refractivity contribution in [1.82, 2.24) is 4.90 Å². The third-order valence-electron chi connectivity index (χ3n) is 4.90. The lowest BCUT2D eigenvalue weighted by atomic mass is 9.85. The molecule has 94 valence electrons. The summed E-state index contributed by atoms with van der Waals surface area (Å²) < 4.78 is 0. The molecule has 2 aliphatic carbocycles. The van der Waals surface area contributed by atoms with Crippen LogP contribution in [0.5, 0.6) is 0 Å². The van der Waals surface area contributed by atoms with Crippen LogP contribution < -0.4 is 5.73 Å². The van der Waals surface area contributed by atoms with Crippen LogP contribution in [0.15, 0.2) is 0 Å². The Labute approximate surface area is 101 Å². The fourth-order valence-corrected chi connectivity index (χ4v) is 3.90. The van der Waals surface area contributed by atoms with Crippen LogP contribution in [0.4, 0.5) is 0 Å². The van der Waals surface area contributed by atoms with Gasteiger partial charge in [-0.3, -0.25) is 4.90 Å². The lowest BCUT2D eigenvalue weighted by Crippen LogP contribution is -2.54. The van der Waals surface area contributed by atoms with Gasteiger partial charge in [0.25, 0.3) is 0 Å². The Morgan fingerprint density at radius 1 is 1.31 bits per heavy atom. The molecule has 0 amide bonds. The second kappa shape index (κ2) is 3.99. The van der Waals surface area contributed by atoms with Crippen LogP contribution in [0.2, 0.25) is 0 Å². The molecule has 0 bridgehead atoms. The second-order valence-electron chi connectivity index (χ2n) is 7.08. The first-order valence-electron chi connectivity index (χ1n) is 6.81. The molecule has 2 saturated carbocycles. The molecule has 0 aromatic heterocycles. The number of likely N-dealkylation sites (N-methyl/N-ethyl adjacent to an activating group) is 1. The molecule has 0 aliphatic heterocycles. The summed E-state index contributed by atoms with van der Waals surface area (Å²) in [6, 6.07) is 0. The molecule has 0 saturated heterocycles.